The summed E-state index contributed by atoms with van der Waals surface area (Å²) in [6, 6.07) is 9.33. The molecule has 1 unspecified atom stereocenters. The third-order valence-electron chi connectivity index (χ3n) is 5.46. The van der Waals surface area contributed by atoms with Crippen molar-refractivity contribution in [2.45, 2.75) is 64.2 Å². The molecule has 3 heteroatoms. The quantitative estimate of drug-likeness (QED) is 0.624. The van der Waals surface area contributed by atoms with E-state index in [1.807, 2.05) is 30.3 Å². The Balaban J connectivity index is 1.56. The average molecular weight is 312 g/mol. The van der Waals surface area contributed by atoms with E-state index in [2.05, 4.69) is 10.5 Å². The molecule has 3 rings (SSSR count). The summed E-state index contributed by atoms with van der Waals surface area (Å²) < 4.78 is 0. The molecule has 0 spiro atoms. The summed E-state index contributed by atoms with van der Waals surface area (Å²) in [5.41, 5.74) is 4.62. The van der Waals surface area contributed by atoms with E-state index in [0.29, 0.717) is 5.56 Å². The lowest BCUT2D eigenvalue weighted by Crippen LogP contribution is -2.26. The fraction of sp³-hybridized carbons (Fsp3) is 0.600. The molecular weight excluding hydrogens is 284 g/mol. The fourth-order valence-corrected chi connectivity index (χ4v) is 4.15. The molecule has 1 aromatic carbocycles. The molecule has 0 saturated heterocycles. The minimum Gasteiger partial charge on any atom is -0.267 e. The molecular formula is C20H28N2O. The van der Waals surface area contributed by atoms with Crippen LogP contribution >= 0.6 is 0 Å². The Morgan fingerprint density at radius 2 is 1.61 bits per heavy atom. The van der Waals surface area contributed by atoms with Crippen LogP contribution in [0.5, 0.6) is 0 Å². The van der Waals surface area contributed by atoms with Gasteiger partial charge in [0.2, 0.25) is 0 Å². The van der Waals surface area contributed by atoms with E-state index < -0.39 is 0 Å². The lowest BCUT2D eigenvalue weighted by molar-refractivity contribution is 0.0954. The normalized spacial score (nSPS) is 25.0. The van der Waals surface area contributed by atoms with Gasteiger partial charge in [-0.25, -0.2) is 5.43 Å². The van der Waals surface area contributed by atoms with Crippen molar-refractivity contribution in [2.24, 2.45) is 16.9 Å². The highest BCUT2D eigenvalue weighted by Crippen LogP contribution is 2.36. The number of hydrogen-bond acceptors (Lipinski definition) is 2. The second-order valence-corrected chi connectivity index (χ2v) is 7.09. The van der Waals surface area contributed by atoms with E-state index in [0.717, 1.165) is 24.7 Å². The first-order valence-electron chi connectivity index (χ1n) is 9.24. The van der Waals surface area contributed by atoms with E-state index in [1.54, 1.807) is 0 Å². The van der Waals surface area contributed by atoms with Gasteiger partial charge in [0.15, 0.2) is 0 Å². The number of benzene rings is 1. The van der Waals surface area contributed by atoms with Crippen LogP contribution in [0.1, 0.15) is 74.6 Å². The van der Waals surface area contributed by atoms with Gasteiger partial charge in [-0.15, -0.1) is 0 Å². The molecule has 2 aliphatic rings. The Labute approximate surface area is 139 Å². The van der Waals surface area contributed by atoms with E-state index in [4.69, 9.17) is 0 Å². The highest BCUT2D eigenvalue weighted by atomic mass is 16.2. The fourth-order valence-electron chi connectivity index (χ4n) is 4.15. The van der Waals surface area contributed by atoms with Crippen LogP contribution in [0, 0.1) is 11.8 Å². The molecule has 23 heavy (non-hydrogen) atoms. The van der Waals surface area contributed by atoms with Crippen molar-refractivity contribution < 1.29 is 4.79 Å². The van der Waals surface area contributed by atoms with Crippen LogP contribution in [-0.2, 0) is 0 Å². The molecule has 1 atom stereocenters. The predicted octanol–water partition coefficient (Wildman–Crippen LogP) is 4.93. The number of amides is 1. The first kappa shape index (κ1) is 16.2. The molecule has 0 aliphatic heterocycles. The number of carbonyl (C=O) groups is 1. The van der Waals surface area contributed by atoms with Gasteiger partial charge in [0, 0.05) is 11.3 Å². The van der Waals surface area contributed by atoms with Gasteiger partial charge in [0.1, 0.15) is 0 Å². The first-order valence-corrected chi connectivity index (χ1v) is 9.24. The van der Waals surface area contributed by atoms with Crippen LogP contribution in [0.2, 0.25) is 0 Å². The Morgan fingerprint density at radius 1 is 0.913 bits per heavy atom. The Bertz CT molecular complexity index is 530. The summed E-state index contributed by atoms with van der Waals surface area (Å²) >= 11 is 0. The van der Waals surface area contributed by atoms with Gasteiger partial charge in [-0.05, 0) is 49.7 Å². The van der Waals surface area contributed by atoms with Crippen LogP contribution in [0.3, 0.4) is 0 Å². The van der Waals surface area contributed by atoms with Crippen LogP contribution in [0.15, 0.2) is 35.4 Å². The summed E-state index contributed by atoms with van der Waals surface area (Å²) in [7, 11) is 0. The second-order valence-electron chi connectivity index (χ2n) is 7.09. The molecule has 2 saturated carbocycles. The maximum absolute atomic E-state index is 12.1. The lowest BCUT2D eigenvalue weighted by atomic mass is 9.76. The third kappa shape index (κ3) is 4.66. The summed E-state index contributed by atoms with van der Waals surface area (Å²) in [4.78, 5) is 12.1. The number of nitrogens with one attached hydrogen (secondary N) is 1. The second kappa shape index (κ2) is 8.28. The highest BCUT2D eigenvalue weighted by Gasteiger charge is 2.27. The minimum atomic E-state index is -0.102. The maximum atomic E-state index is 12.1. The number of hydrazone groups is 1. The maximum Gasteiger partial charge on any atom is 0.271 e. The molecule has 3 nitrogen and oxygen atoms in total. The Morgan fingerprint density at radius 3 is 2.35 bits per heavy atom. The van der Waals surface area contributed by atoms with Crippen molar-refractivity contribution in [3.8, 4) is 0 Å². The standard InChI is InChI=1S/C20H28N2O/c23-20(17-11-6-3-7-12-17)22-21-19-14-8-13-18(15-19)16-9-4-1-2-5-10-16/h3,6-7,11-12,16,18H,1-2,4-5,8-10,13-15H2,(H,22,23)/b21-19+. The third-order valence-corrected chi connectivity index (χ3v) is 5.46. The molecule has 1 N–H and O–H groups in total. The minimum absolute atomic E-state index is 0.102. The van der Waals surface area contributed by atoms with E-state index >= 15 is 0 Å². The summed E-state index contributed by atoms with van der Waals surface area (Å²) in [5.74, 6) is 1.57. The molecule has 0 bridgehead atoms. The van der Waals surface area contributed by atoms with Crippen molar-refractivity contribution in [3.05, 3.63) is 35.9 Å². The van der Waals surface area contributed by atoms with Gasteiger partial charge in [0.05, 0.1) is 0 Å². The van der Waals surface area contributed by atoms with Crippen LogP contribution in [-0.4, -0.2) is 11.6 Å². The molecule has 0 radical (unpaired) electrons. The van der Waals surface area contributed by atoms with Gasteiger partial charge >= 0.3 is 0 Å². The highest BCUT2D eigenvalue weighted by molar-refractivity contribution is 5.95. The largest absolute Gasteiger partial charge is 0.271 e. The van der Waals surface area contributed by atoms with Crippen molar-refractivity contribution in [1.82, 2.24) is 5.43 Å². The summed E-state index contributed by atoms with van der Waals surface area (Å²) in [6.45, 7) is 0. The Hall–Kier alpha value is -1.64. The van der Waals surface area contributed by atoms with Crippen LogP contribution < -0.4 is 5.43 Å². The number of carbonyl (C=O) groups excluding carboxylic acids is 1. The molecule has 1 aromatic rings. The zero-order valence-corrected chi connectivity index (χ0v) is 14.0. The van der Waals surface area contributed by atoms with Gasteiger partial charge in [-0.2, -0.15) is 5.10 Å². The predicted molar refractivity (Wildman–Crippen MR) is 94.5 cm³/mol. The zero-order chi connectivity index (χ0) is 15.9. The first-order chi connectivity index (χ1) is 11.3. The average Bonchev–Trinajstić information content (AvgIpc) is 2.90. The molecule has 2 aliphatic carbocycles. The van der Waals surface area contributed by atoms with Gasteiger partial charge in [-0.1, -0.05) is 56.7 Å². The molecule has 0 heterocycles. The van der Waals surface area contributed by atoms with Crippen molar-refractivity contribution in [1.29, 1.82) is 0 Å². The van der Waals surface area contributed by atoms with Gasteiger partial charge in [-0.3, -0.25) is 4.79 Å². The summed E-state index contributed by atoms with van der Waals surface area (Å²) in [5, 5.41) is 4.45. The monoisotopic (exact) mass is 312 g/mol. The van der Waals surface area contributed by atoms with Crippen molar-refractivity contribution in [2.75, 3.05) is 0 Å². The molecule has 1 amide bonds. The zero-order valence-electron chi connectivity index (χ0n) is 14.0. The smallest absolute Gasteiger partial charge is 0.267 e. The van der Waals surface area contributed by atoms with Crippen molar-refractivity contribution >= 4 is 11.6 Å². The lowest BCUT2D eigenvalue weighted by Gasteiger charge is -2.30. The SMILES string of the molecule is O=C(N/N=C1\CCCC(C2CCCCCC2)C1)c1ccccc1. The van der Waals surface area contributed by atoms with E-state index in [1.165, 1.54) is 57.1 Å². The van der Waals surface area contributed by atoms with E-state index in [-0.39, 0.29) is 5.91 Å². The summed E-state index contributed by atoms with van der Waals surface area (Å²) in [6.07, 6.45) is 13.1. The van der Waals surface area contributed by atoms with Crippen LogP contribution in [0.4, 0.5) is 0 Å². The number of nitrogens with zero attached hydrogens (tertiary/aromatic N) is 1. The molecule has 2 fully saturated rings. The van der Waals surface area contributed by atoms with Crippen molar-refractivity contribution in [3.63, 3.8) is 0 Å². The van der Waals surface area contributed by atoms with Gasteiger partial charge in [0.25, 0.3) is 5.91 Å². The van der Waals surface area contributed by atoms with Crippen LogP contribution in [0.25, 0.3) is 0 Å². The number of hydrogen-bond donors (Lipinski definition) is 1. The van der Waals surface area contributed by atoms with E-state index in [9.17, 15) is 4.79 Å². The topological polar surface area (TPSA) is 41.5 Å². The number of rotatable bonds is 3. The van der Waals surface area contributed by atoms with Gasteiger partial charge < -0.3 is 0 Å². The molecule has 0 aromatic heterocycles. The molecule has 124 valence electrons. The Kier molecular flexibility index (Phi) is 5.84.